The Labute approximate surface area is 172 Å². The maximum absolute atomic E-state index is 12.3. The molecule has 0 saturated carbocycles. The summed E-state index contributed by atoms with van der Waals surface area (Å²) in [6, 6.07) is 2.02. The Morgan fingerprint density at radius 2 is 0.933 bits per heavy atom. The summed E-state index contributed by atoms with van der Waals surface area (Å²) in [5.74, 6) is -6.23. The van der Waals surface area contributed by atoms with Gasteiger partial charge in [0.25, 0.3) is 11.6 Å². The van der Waals surface area contributed by atoms with Crippen molar-refractivity contribution in [3.05, 3.63) is 34.4 Å². The SMILES string of the molecule is CC(CO)(CO)Cc1c(C(=O)C(=O)O)ccc(C(=O)C(=O)O)c1CC(C)(CO)CO. The quantitative estimate of drug-likeness (QED) is 0.184. The molecule has 0 spiro atoms. The van der Waals surface area contributed by atoms with Gasteiger partial charge in [-0.1, -0.05) is 13.8 Å². The summed E-state index contributed by atoms with van der Waals surface area (Å²) in [5.41, 5.74) is -3.25. The van der Waals surface area contributed by atoms with Gasteiger partial charge in [-0.15, -0.1) is 0 Å². The number of hydrogen-bond donors (Lipinski definition) is 6. The van der Waals surface area contributed by atoms with Crippen molar-refractivity contribution in [3.63, 3.8) is 0 Å². The van der Waals surface area contributed by atoms with Crippen LogP contribution in [0.25, 0.3) is 0 Å². The van der Waals surface area contributed by atoms with Crippen LogP contribution in [-0.2, 0) is 22.4 Å². The van der Waals surface area contributed by atoms with Gasteiger partial charge < -0.3 is 30.6 Å². The lowest BCUT2D eigenvalue weighted by atomic mass is 9.75. The van der Waals surface area contributed by atoms with Crippen molar-refractivity contribution < 1.29 is 49.8 Å². The number of aliphatic hydroxyl groups excluding tert-OH is 4. The van der Waals surface area contributed by atoms with E-state index in [4.69, 9.17) is 10.2 Å². The highest BCUT2D eigenvalue weighted by atomic mass is 16.4. The van der Waals surface area contributed by atoms with Crippen molar-refractivity contribution in [2.24, 2.45) is 10.8 Å². The van der Waals surface area contributed by atoms with Crippen molar-refractivity contribution in [1.29, 1.82) is 0 Å². The zero-order valence-electron chi connectivity index (χ0n) is 16.7. The van der Waals surface area contributed by atoms with Crippen LogP contribution in [0.2, 0.25) is 0 Å². The van der Waals surface area contributed by atoms with Crippen LogP contribution in [0.4, 0.5) is 0 Å². The van der Waals surface area contributed by atoms with E-state index >= 15 is 0 Å². The Morgan fingerprint density at radius 1 is 0.667 bits per heavy atom. The zero-order valence-corrected chi connectivity index (χ0v) is 16.7. The van der Waals surface area contributed by atoms with Gasteiger partial charge in [-0.2, -0.15) is 0 Å². The van der Waals surface area contributed by atoms with Crippen LogP contribution >= 0.6 is 0 Å². The molecule has 0 aliphatic rings. The second-order valence-corrected chi connectivity index (χ2v) is 7.99. The molecule has 0 aromatic heterocycles. The lowest BCUT2D eigenvalue weighted by molar-refractivity contribution is -0.132. The fraction of sp³-hybridized carbons (Fsp3) is 0.500. The molecule has 0 heterocycles. The van der Waals surface area contributed by atoms with Crippen molar-refractivity contribution in [3.8, 4) is 0 Å². The highest BCUT2D eigenvalue weighted by molar-refractivity contribution is 6.42. The van der Waals surface area contributed by atoms with E-state index in [1.807, 2.05) is 0 Å². The Kier molecular flexibility index (Phi) is 8.37. The van der Waals surface area contributed by atoms with Crippen LogP contribution in [0.1, 0.15) is 45.7 Å². The number of aliphatic carboxylic acids is 2. The number of carboxylic acid groups (broad SMARTS) is 2. The van der Waals surface area contributed by atoms with Crippen LogP contribution in [0, 0.1) is 10.8 Å². The summed E-state index contributed by atoms with van der Waals surface area (Å²) in [4.78, 5) is 47.2. The van der Waals surface area contributed by atoms with Crippen molar-refractivity contribution >= 4 is 23.5 Å². The number of benzene rings is 1. The fourth-order valence-electron chi connectivity index (χ4n) is 2.93. The number of carbonyl (C=O) groups excluding carboxylic acids is 2. The molecule has 0 unspecified atom stereocenters. The molecule has 0 atom stereocenters. The summed E-state index contributed by atoms with van der Waals surface area (Å²) < 4.78 is 0. The van der Waals surface area contributed by atoms with Crippen LogP contribution in [-0.4, -0.2) is 80.6 Å². The molecule has 0 aliphatic heterocycles. The maximum Gasteiger partial charge on any atom is 0.377 e. The van der Waals surface area contributed by atoms with Gasteiger partial charge in [-0.05, 0) is 36.1 Å². The molecular weight excluding hydrogens is 400 g/mol. The van der Waals surface area contributed by atoms with E-state index in [9.17, 15) is 39.6 Å². The van der Waals surface area contributed by atoms with Gasteiger partial charge in [-0.3, -0.25) is 9.59 Å². The van der Waals surface area contributed by atoms with Crippen molar-refractivity contribution in [2.75, 3.05) is 26.4 Å². The Balaban J connectivity index is 3.95. The zero-order chi connectivity index (χ0) is 23.3. The molecule has 0 radical (unpaired) electrons. The first-order valence-electron chi connectivity index (χ1n) is 9.02. The molecule has 0 bridgehead atoms. The molecule has 10 heteroatoms. The van der Waals surface area contributed by atoms with Crippen molar-refractivity contribution in [1.82, 2.24) is 0 Å². The Bertz CT molecular complexity index is 765. The topological polar surface area (TPSA) is 190 Å². The largest absolute Gasteiger partial charge is 0.475 e. The summed E-state index contributed by atoms with van der Waals surface area (Å²) in [5, 5.41) is 57.0. The molecule has 10 nitrogen and oxygen atoms in total. The smallest absolute Gasteiger partial charge is 0.377 e. The predicted octanol–water partition coefficient (Wildman–Crippen LogP) is -0.712. The molecule has 0 amide bonds. The van der Waals surface area contributed by atoms with E-state index in [1.54, 1.807) is 0 Å². The fourth-order valence-corrected chi connectivity index (χ4v) is 2.93. The van der Waals surface area contributed by atoms with E-state index in [2.05, 4.69) is 0 Å². The minimum Gasteiger partial charge on any atom is -0.475 e. The minimum absolute atomic E-state index is 0.0479. The molecule has 1 aromatic carbocycles. The summed E-state index contributed by atoms with van der Waals surface area (Å²) >= 11 is 0. The second-order valence-electron chi connectivity index (χ2n) is 7.99. The third-order valence-electron chi connectivity index (χ3n) is 5.04. The molecule has 1 rings (SSSR count). The minimum atomic E-state index is -1.79. The molecule has 1 aromatic rings. The van der Waals surface area contributed by atoms with Gasteiger partial charge in [0.1, 0.15) is 0 Å². The van der Waals surface area contributed by atoms with E-state index in [-0.39, 0.29) is 35.1 Å². The van der Waals surface area contributed by atoms with Crippen LogP contribution in [0.15, 0.2) is 12.1 Å². The second kappa shape index (κ2) is 9.90. The number of Topliss-reactive ketones (excluding diaryl/α,β-unsaturated/α-hetero) is 2. The maximum atomic E-state index is 12.3. The number of carboxylic acids is 2. The molecule has 0 aliphatic carbocycles. The number of rotatable bonds is 12. The highest BCUT2D eigenvalue weighted by Gasteiger charge is 2.34. The van der Waals surface area contributed by atoms with E-state index in [0.29, 0.717) is 0 Å². The summed E-state index contributed by atoms with van der Waals surface area (Å²) in [6.07, 6.45) is -0.533. The number of carbonyl (C=O) groups is 4. The van der Waals surface area contributed by atoms with E-state index < -0.39 is 60.8 Å². The van der Waals surface area contributed by atoms with E-state index in [0.717, 1.165) is 12.1 Å². The first kappa shape index (κ1) is 25.4. The monoisotopic (exact) mass is 426 g/mol. The first-order valence-corrected chi connectivity index (χ1v) is 9.02. The Morgan fingerprint density at radius 3 is 1.13 bits per heavy atom. The third-order valence-corrected chi connectivity index (χ3v) is 5.04. The van der Waals surface area contributed by atoms with E-state index in [1.165, 1.54) is 13.8 Å². The highest BCUT2D eigenvalue weighted by Crippen LogP contribution is 2.33. The Hall–Kier alpha value is -2.66. The number of ketones is 2. The van der Waals surface area contributed by atoms with Gasteiger partial charge in [0, 0.05) is 22.0 Å². The lowest BCUT2D eigenvalue weighted by Gasteiger charge is -2.31. The van der Waals surface area contributed by atoms with Gasteiger partial charge in [0.2, 0.25) is 0 Å². The molecule has 166 valence electrons. The standard InChI is InChI=1S/C20H26O10/c1-19(7-21,8-22)5-13-11(15(25)17(27)28)3-4-12(16(26)18(29)30)14(13)6-20(2,9-23)10-24/h3-4,21-24H,5-10H2,1-2H3,(H,27,28)(H,29,30). The predicted molar refractivity (Wildman–Crippen MR) is 102 cm³/mol. The van der Waals surface area contributed by atoms with Crippen LogP contribution in [0.5, 0.6) is 0 Å². The van der Waals surface area contributed by atoms with Gasteiger partial charge in [-0.25, -0.2) is 9.59 Å². The average molecular weight is 426 g/mol. The van der Waals surface area contributed by atoms with Gasteiger partial charge in [0.15, 0.2) is 0 Å². The van der Waals surface area contributed by atoms with Crippen molar-refractivity contribution in [2.45, 2.75) is 26.7 Å². The van der Waals surface area contributed by atoms with Crippen LogP contribution < -0.4 is 0 Å². The molecule has 30 heavy (non-hydrogen) atoms. The first-order chi connectivity index (χ1) is 13.9. The summed E-state index contributed by atoms with van der Waals surface area (Å²) in [6.45, 7) is 0.676. The summed E-state index contributed by atoms with van der Waals surface area (Å²) in [7, 11) is 0. The molecule has 0 fully saturated rings. The number of aliphatic hydroxyl groups is 4. The normalized spacial score (nSPS) is 11.9. The van der Waals surface area contributed by atoms with Gasteiger partial charge >= 0.3 is 11.9 Å². The molecule has 0 saturated heterocycles. The van der Waals surface area contributed by atoms with Gasteiger partial charge in [0.05, 0.1) is 26.4 Å². The van der Waals surface area contributed by atoms with Crippen LogP contribution in [0.3, 0.4) is 0 Å². The molecular formula is C20H26O10. The number of hydrogen-bond acceptors (Lipinski definition) is 8. The average Bonchev–Trinajstić information content (AvgIpc) is 2.73. The third kappa shape index (κ3) is 5.48. The lowest BCUT2D eigenvalue weighted by Crippen LogP contribution is -2.34. The molecule has 6 N–H and O–H groups in total.